The molecule has 2 heterocycles. The fourth-order valence-electron chi connectivity index (χ4n) is 1.91. The van der Waals surface area contributed by atoms with E-state index in [-0.39, 0.29) is 11.7 Å². The van der Waals surface area contributed by atoms with Crippen molar-refractivity contribution in [1.82, 2.24) is 5.32 Å². The fraction of sp³-hybridized carbons (Fsp3) is 0.312. The second-order valence-electron chi connectivity index (χ2n) is 5.00. The number of carbonyl (C=O) groups excluding carboxylic acids is 3. The number of furan rings is 1. The Morgan fingerprint density at radius 1 is 1.38 bits per heavy atom. The lowest BCUT2D eigenvalue weighted by molar-refractivity contribution is -0.128. The number of amides is 2. The minimum Gasteiger partial charge on any atom is -0.459 e. The normalized spacial score (nSPS) is 11.6. The van der Waals surface area contributed by atoms with Crippen molar-refractivity contribution in [2.24, 2.45) is 0 Å². The van der Waals surface area contributed by atoms with E-state index in [4.69, 9.17) is 9.15 Å². The van der Waals surface area contributed by atoms with Crippen molar-refractivity contribution in [3.63, 3.8) is 0 Å². The van der Waals surface area contributed by atoms with E-state index in [9.17, 15) is 14.4 Å². The minimum absolute atomic E-state index is 0.176. The standard InChI is InChI=1S/C16H18N2O5S/c1-4-17-14(19)10(3)23-16(21)13-9(2)8-12(24-13)18-15(20)11-6-5-7-22-11/h5-8,10H,4H2,1-3H3,(H,17,19)(H,18,20)/t10-/m0/s1. The van der Waals surface area contributed by atoms with Gasteiger partial charge < -0.3 is 19.8 Å². The molecule has 0 saturated carbocycles. The summed E-state index contributed by atoms with van der Waals surface area (Å²) in [5.74, 6) is -1.19. The van der Waals surface area contributed by atoms with E-state index in [1.54, 1.807) is 32.0 Å². The van der Waals surface area contributed by atoms with Crippen LogP contribution in [0.15, 0.2) is 28.9 Å². The van der Waals surface area contributed by atoms with Crippen LogP contribution in [-0.2, 0) is 9.53 Å². The second kappa shape index (κ2) is 7.78. The number of likely N-dealkylation sites (N-methyl/N-ethyl adjacent to an activating group) is 1. The molecule has 0 radical (unpaired) electrons. The topological polar surface area (TPSA) is 97.6 Å². The SMILES string of the molecule is CCNC(=O)[C@H](C)OC(=O)c1sc(NC(=O)c2ccco2)cc1C. The lowest BCUT2D eigenvalue weighted by atomic mass is 10.3. The molecule has 2 N–H and O–H groups in total. The van der Waals surface area contributed by atoms with E-state index >= 15 is 0 Å². The van der Waals surface area contributed by atoms with Crippen LogP contribution < -0.4 is 10.6 Å². The van der Waals surface area contributed by atoms with Crippen molar-refractivity contribution >= 4 is 34.1 Å². The number of rotatable bonds is 6. The summed E-state index contributed by atoms with van der Waals surface area (Å²) in [4.78, 5) is 36.1. The summed E-state index contributed by atoms with van der Waals surface area (Å²) in [6, 6.07) is 4.82. The van der Waals surface area contributed by atoms with Crippen LogP contribution in [0.5, 0.6) is 0 Å². The third kappa shape index (κ3) is 4.23. The first kappa shape index (κ1) is 17.7. The molecule has 0 unspecified atom stereocenters. The maximum absolute atomic E-state index is 12.2. The van der Waals surface area contributed by atoms with Gasteiger partial charge in [0.2, 0.25) is 0 Å². The van der Waals surface area contributed by atoms with Gasteiger partial charge in [0, 0.05) is 6.54 Å². The Labute approximate surface area is 143 Å². The summed E-state index contributed by atoms with van der Waals surface area (Å²) < 4.78 is 10.2. The fourth-order valence-corrected chi connectivity index (χ4v) is 2.86. The van der Waals surface area contributed by atoms with Crippen molar-refractivity contribution in [1.29, 1.82) is 0 Å². The third-order valence-electron chi connectivity index (χ3n) is 3.09. The molecule has 128 valence electrons. The van der Waals surface area contributed by atoms with Crippen LogP contribution in [0.1, 0.15) is 39.6 Å². The highest BCUT2D eigenvalue weighted by atomic mass is 32.1. The Balaban J connectivity index is 2.04. The molecule has 0 aliphatic rings. The van der Waals surface area contributed by atoms with Gasteiger partial charge in [0.05, 0.1) is 11.3 Å². The van der Waals surface area contributed by atoms with Gasteiger partial charge in [0.1, 0.15) is 4.88 Å². The van der Waals surface area contributed by atoms with E-state index in [2.05, 4.69) is 10.6 Å². The third-order valence-corrected chi connectivity index (χ3v) is 4.22. The van der Waals surface area contributed by atoms with Crippen LogP contribution in [-0.4, -0.2) is 30.4 Å². The highest BCUT2D eigenvalue weighted by Gasteiger charge is 2.22. The zero-order valence-corrected chi connectivity index (χ0v) is 14.4. The number of anilines is 1. The van der Waals surface area contributed by atoms with Gasteiger partial charge in [-0.2, -0.15) is 0 Å². The first-order valence-electron chi connectivity index (χ1n) is 7.36. The lowest BCUT2D eigenvalue weighted by Gasteiger charge is -2.12. The summed E-state index contributed by atoms with van der Waals surface area (Å²) in [5, 5.41) is 5.73. The summed E-state index contributed by atoms with van der Waals surface area (Å²) in [5.41, 5.74) is 0.655. The number of aryl methyl sites for hydroxylation is 1. The maximum Gasteiger partial charge on any atom is 0.349 e. The molecule has 0 bridgehead atoms. The Morgan fingerprint density at radius 3 is 2.75 bits per heavy atom. The molecule has 7 nitrogen and oxygen atoms in total. The number of hydrogen-bond acceptors (Lipinski definition) is 6. The average Bonchev–Trinajstić information content (AvgIpc) is 3.17. The average molecular weight is 350 g/mol. The second-order valence-corrected chi connectivity index (χ2v) is 6.05. The maximum atomic E-state index is 12.2. The van der Waals surface area contributed by atoms with E-state index in [1.165, 1.54) is 13.2 Å². The predicted molar refractivity (Wildman–Crippen MR) is 89.3 cm³/mol. The molecule has 2 aromatic heterocycles. The van der Waals surface area contributed by atoms with Crippen LogP contribution in [0.4, 0.5) is 5.00 Å². The van der Waals surface area contributed by atoms with E-state index in [1.807, 2.05) is 0 Å². The molecule has 0 fully saturated rings. The number of nitrogens with one attached hydrogen (secondary N) is 2. The summed E-state index contributed by atoms with van der Waals surface area (Å²) >= 11 is 1.08. The number of ether oxygens (including phenoxy) is 1. The Hall–Kier alpha value is -2.61. The van der Waals surface area contributed by atoms with E-state index < -0.39 is 18.0 Å². The molecular formula is C16H18N2O5S. The van der Waals surface area contributed by atoms with Gasteiger partial charge in [-0.3, -0.25) is 9.59 Å². The Morgan fingerprint density at radius 2 is 2.12 bits per heavy atom. The molecule has 2 rings (SSSR count). The summed E-state index contributed by atoms with van der Waals surface area (Å²) in [7, 11) is 0. The molecule has 2 amide bonds. The van der Waals surface area contributed by atoms with Crippen molar-refractivity contribution in [3.8, 4) is 0 Å². The molecule has 1 atom stereocenters. The van der Waals surface area contributed by atoms with E-state index in [0.717, 1.165) is 11.3 Å². The van der Waals surface area contributed by atoms with Gasteiger partial charge in [0.25, 0.3) is 11.8 Å². The monoisotopic (exact) mass is 350 g/mol. The van der Waals surface area contributed by atoms with Crippen LogP contribution in [0.25, 0.3) is 0 Å². The zero-order valence-electron chi connectivity index (χ0n) is 13.5. The van der Waals surface area contributed by atoms with Crippen molar-refractivity contribution < 1.29 is 23.5 Å². The molecule has 0 saturated heterocycles. The van der Waals surface area contributed by atoms with Crippen LogP contribution in [0, 0.1) is 6.92 Å². The number of thiophene rings is 1. The van der Waals surface area contributed by atoms with Crippen molar-refractivity contribution in [2.45, 2.75) is 26.9 Å². The number of hydrogen-bond donors (Lipinski definition) is 2. The van der Waals surface area contributed by atoms with Gasteiger partial charge in [0.15, 0.2) is 11.9 Å². The van der Waals surface area contributed by atoms with Gasteiger partial charge >= 0.3 is 5.97 Å². The number of esters is 1. The van der Waals surface area contributed by atoms with Crippen molar-refractivity contribution in [3.05, 3.63) is 40.7 Å². The largest absolute Gasteiger partial charge is 0.459 e. The molecule has 0 spiro atoms. The molecule has 0 aliphatic heterocycles. The highest BCUT2D eigenvalue weighted by Crippen LogP contribution is 2.28. The predicted octanol–water partition coefficient (Wildman–Crippen LogP) is 2.58. The first-order valence-corrected chi connectivity index (χ1v) is 8.18. The van der Waals surface area contributed by atoms with Crippen LogP contribution >= 0.6 is 11.3 Å². The zero-order chi connectivity index (χ0) is 17.7. The summed E-state index contributed by atoms with van der Waals surface area (Å²) in [6.45, 7) is 5.48. The van der Waals surface area contributed by atoms with E-state index in [0.29, 0.717) is 22.0 Å². The molecule has 2 aromatic rings. The molecule has 0 aromatic carbocycles. The van der Waals surface area contributed by atoms with Gasteiger partial charge in [-0.05, 0) is 44.5 Å². The Bertz CT molecular complexity index is 736. The first-order chi connectivity index (χ1) is 11.4. The van der Waals surface area contributed by atoms with Gasteiger partial charge in [-0.1, -0.05) is 0 Å². The van der Waals surface area contributed by atoms with Crippen LogP contribution in [0.3, 0.4) is 0 Å². The van der Waals surface area contributed by atoms with Gasteiger partial charge in [-0.15, -0.1) is 11.3 Å². The van der Waals surface area contributed by atoms with Crippen LogP contribution in [0.2, 0.25) is 0 Å². The molecule has 0 aliphatic carbocycles. The summed E-state index contributed by atoms with van der Waals surface area (Å²) in [6.07, 6.45) is 0.514. The smallest absolute Gasteiger partial charge is 0.349 e. The lowest BCUT2D eigenvalue weighted by Crippen LogP contribution is -2.35. The molecule has 24 heavy (non-hydrogen) atoms. The van der Waals surface area contributed by atoms with Crippen molar-refractivity contribution in [2.75, 3.05) is 11.9 Å². The molecule has 8 heteroatoms. The minimum atomic E-state index is -0.889. The number of carbonyl (C=O) groups is 3. The quantitative estimate of drug-likeness (QED) is 0.781. The Kier molecular flexibility index (Phi) is 5.75. The molecular weight excluding hydrogens is 332 g/mol. The highest BCUT2D eigenvalue weighted by molar-refractivity contribution is 7.18. The van der Waals surface area contributed by atoms with Gasteiger partial charge in [-0.25, -0.2) is 4.79 Å².